The number of nitrogens with zero attached hydrogens (tertiary/aromatic N) is 1. The lowest BCUT2D eigenvalue weighted by Gasteiger charge is -2.26. The van der Waals surface area contributed by atoms with Crippen molar-refractivity contribution in [2.24, 2.45) is 5.92 Å². The fourth-order valence-electron chi connectivity index (χ4n) is 3.42. The third-order valence-electron chi connectivity index (χ3n) is 5.14. The van der Waals surface area contributed by atoms with Crippen molar-refractivity contribution in [2.75, 3.05) is 16.0 Å². The minimum Gasteiger partial charge on any atom is -0.326 e. The Balaban J connectivity index is 1.61. The fourth-order valence-corrected chi connectivity index (χ4v) is 4.58. The number of aryl methyl sites for hydroxylation is 1. The Morgan fingerprint density at radius 2 is 2.04 bits per heavy atom. The van der Waals surface area contributed by atoms with Gasteiger partial charge in [-0.05, 0) is 55.2 Å². The molecular weight excluding hydrogens is 363 g/mol. The number of rotatable bonds is 4. The summed E-state index contributed by atoms with van der Waals surface area (Å²) in [4.78, 5) is 26.2. The molecular formula is C21H21FN2O2S. The van der Waals surface area contributed by atoms with Gasteiger partial charge in [0.1, 0.15) is 11.2 Å². The second-order valence-corrected chi connectivity index (χ2v) is 8.19. The van der Waals surface area contributed by atoms with Crippen molar-refractivity contribution in [3.05, 3.63) is 59.4 Å². The largest absolute Gasteiger partial charge is 0.326 e. The van der Waals surface area contributed by atoms with Gasteiger partial charge in [-0.2, -0.15) is 0 Å². The molecule has 1 saturated carbocycles. The fraction of sp³-hybridized carbons (Fsp3) is 0.333. The first kappa shape index (κ1) is 18.0. The van der Waals surface area contributed by atoms with Crippen LogP contribution in [0.4, 0.5) is 15.8 Å². The van der Waals surface area contributed by atoms with Gasteiger partial charge < -0.3 is 5.32 Å². The van der Waals surface area contributed by atoms with Crippen LogP contribution in [0.3, 0.4) is 0 Å². The Labute approximate surface area is 162 Å². The van der Waals surface area contributed by atoms with E-state index in [0.29, 0.717) is 17.1 Å². The van der Waals surface area contributed by atoms with Crippen LogP contribution in [0.15, 0.2) is 42.5 Å². The highest BCUT2D eigenvalue weighted by Crippen LogP contribution is 2.43. The van der Waals surface area contributed by atoms with Gasteiger partial charge >= 0.3 is 0 Å². The molecule has 2 aromatic carbocycles. The second-order valence-electron chi connectivity index (χ2n) is 7.12. The van der Waals surface area contributed by atoms with E-state index in [2.05, 4.69) is 5.32 Å². The molecule has 4 nitrogen and oxygen atoms in total. The number of amides is 2. The van der Waals surface area contributed by atoms with Crippen molar-refractivity contribution in [3.8, 4) is 0 Å². The summed E-state index contributed by atoms with van der Waals surface area (Å²) in [6, 6.07) is 12.3. The SMILES string of the molecule is Cc1ccc(F)c(N2C(=O)CS[C@@H]2c2cccc(NC(=O)C3CCC3)c2)c1. The minimum atomic E-state index is -0.407. The molecule has 1 N–H and O–H groups in total. The van der Waals surface area contributed by atoms with Crippen LogP contribution in [0, 0.1) is 18.7 Å². The molecule has 0 aromatic heterocycles. The predicted molar refractivity (Wildman–Crippen MR) is 106 cm³/mol. The number of anilines is 2. The van der Waals surface area contributed by atoms with Crippen LogP contribution in [0.2, 0.25) is 0 Å². The van der Waals surface area contributed by atoms with Crippen molar-refractivity contribution < 1.29 is 14.0 Å². The summed E-state index contributed by atoms with van der Waals surface area (Å²) in [7, 11) is 0. The van der Waals surface area contributed by atoms with Gasteiger partial charge in [-0.1, -0.05) is 24.6 Å². The molecule has 2 fully saturated rings. The van der Waals surface area contributed by atoms with E-state index >= 15 is 0 Å². The van der Waals surface area contributed by atoms with Crippen LogP contribution in [-0.4, -0.2) is 17.6 Å². The van der Waals surface area contributed by atoms with Gasteiger partial charge in [0.05, 0.1) is 11.4 Å². The first-order valence-corrected chi connectivity index (χ1v) is 10.2. The van der Waals surface area contributed by atoms with Crippen molar-refractivity contribution in [3.63, 3.8) is 0 Å². The Morgan fingerprint density at radius 3 is 2.78 bits per heavy atom. The monoisotopic (exact) mass is 384 g/mol. The molecule has 1 heterocycles. The van der Waals surface area contributed by atoms with Crippen molar-refractivity contribution in [2.45, 2.75) is 31.6 Å². The van der Waals surface area contributed by atoms with Gasteiger partial charge in [0.15, 0.2) is 0 Å². The number of hydrogen-bond acceptors (Lipinski definition) is 3. The molecule has 140 valence electrons. The van der Waals surface area contributed by atoms with E-state index in [9.17, 15) is 14.0 Å². The molecule has 4 rings (SSSR count). The van der Waals surface area contributed by atoms with Gasteiger partial charge in [0.2, 0.25) is 11.8 Å². The number of thioether (sulfide) groups is 1. The Morgan fingerprint density at radius 1 is 1.22 bits per heavy atom. The van der Waals surface area contributed by atoms with Gasteiger partial charge in [-0.15, -0.1) is 11.8 Å². The average Bonchev–Trinajstić information content (AvgIpc) is 2.97. The van der Waals surface area contributed by atoms with Crippen molar-refractivity contribution in [1.82, 2.24) is 0 Å². The average molecular weight is 384 g/mol. The topological polar surface area (TPSA) is 49.4 Å². The van der Waals surface area contributed by atoms with E-state index in [1.165, 1.54) is 22.7 Å². The van der Waals surface area contributed by atoms with Crippen LogP contribution in [-0.2, 0) is 9.59 Å². The molecule has 1 atom stereocenters. The van der Waals surface area contributed by atoms with Crippen molar-refractivity contribution in [1.29, 1.82) is 0 Å². The molecule has 6 heteroatoms. The third kappa shape index (κ3) is 3.58. The third-order valence-corrected chi connectivity index (χ3v) is 6.36. The van der Waals surface area contributed by atoms with Crippen LogP contribution in [0.1, 0.15) is 35.8 Å². The second kappa shape index (κ2) is 7.35. The number of hydrogen-bond donors (Lipinski definition) is 1. The summed E-state index contributed by atoms with van der Waals surface area (Å²) in [5.74, 6) is -0.0603. The van der Waals surface area contributed by atoms with E-state index < -0.39 is 5.82 Å². The lowest BCUT2D eigenvalue weighted by atomic mass is 9.85. The molecule has 0 unspecified atom stereocenters. The molecule has 0 radical (unpaired) electrons. The molecule has 0 spiro atoms. The Bertz CT molecular complexity index is 898. The summed E-state index contributed by atoms with van der Waals surface area (Å²) in [6.07, 6.45) is 2.99. The molecule has 1 aliphatic carbocycles. The van der Waals surface area contributed by atoms with Gasteiger partial charge in [0, 0.05) is 11.6 Å². The van der Waals surface area contributed by atoms with E-state index in [4.69, 9.17) is 0 Å². The van der Waals surface area contributed by atoms with Crippen LogP contribution < -0.4 is 10.2 Å². The summed E-state index contributed by atoms with van der Waals surface area (Å²) < 4.78 is 14.4. The Kier molecular flexibility index (Phi) is 4.91. The molecule has 2 aliphatic rings. The number of carbonyl (C=O) groups is 2. The zero-order valence-corrected chi connectivity index (χ0v) is 15.9. The summed E-state index contributed by atoms with van der Waals surface area (Å²) in [5.41, 5.74) is 2.79. The number of nitrogens with one attached hydrogen (secondary N) is 1. The Hall–Kier alpha value is -2.34. The van der Waals surface area contributed by atoms with E-state index in [1.807, 2.05) is 31.2 Å². The molecule has 2 amide bonds. The molecule has 2 aromatic rings. The van der Waals surface area contributed by atoms with E-state index in [-0.39, 0.29) is 23.1 Å². The van der Waals surface area contributed by atoms with Crippen molar-refractivity contribution >= 4 is 35.0 Å². The zero-order chi connectivity index (χ0) is 19.0. The smallest absolute Gasteiger partial charge is 0.238 e. The van der Waals surface area contributed by atoms with E-state index in [0.717, 1.165) is 30.4 Å². The highest BCUT2D eigenvalue weighted by atomic mass is 32.2. The number of carbonyl (C=O) groups excluding carboxylic acids is 2. The maximum atomic E-state index is 14.4. The molecule has 0 bridgehead atoms. The van der Waals surface area contributed by atoms with E-state index in [1.54, 1.807) is 12.1 Å². The van der Waals surface area contributed by atoms with Crippen LogP contribution in [0.25, 0.3) is 0 Å². The lowest BCUT2D eigenvalue weighted by molar-refractivity contribution is -0.122. The standard InChI is InChI=1S/C21H21FN2O2S/c1-13-8-9-17(22)18(10-13)24-19(25)12-27-21(24)15-6-3-7-16(11-15)23-20(26)14-4-2-5-14/h3,6-11,14,21H,2,4-5,12H2,1H3,(H,23,26)/t21-/m1/s1. The molecule has 27 heavy (non-hydrogen) atoms. The normalized spacial score (nSPS) is 19.9. The van der Waals surface area contributed by atoms with Crippen LogP contribution in [0.5, 0.6) is 0 Å². The zero-order valence-electron chi connectivity index (χ0n) is 15.1. The van der Waals surface area contributed by atoms with Gasteiger partial charge in [-0.25, -0.2) is 4.39 Å². The summed E-state index contributed by atoms with van der Waals surface area (Å²) in [6.45, 7) is 1.88. The van der Waals surface area contributed by atoms with Gasteiger partial charge in [0.25, 0.3) is 0 Å². The lowest BCUT2D eigenvalue weighted by Crippen LogP contribution is -2.29. The number of benzene rings is 2. The maximum absolute atomic E-state index is 14.4. The summed E-state index contributed by atoms with van der Waals surface area (Å²) >= 11 is 1.47. The summed E-state index contributed by atoms with van der Waals surface area (Å²) in [5, 5.41) is 2.66. The minimum absolute atomic E-state index is 0.0511. The van der Waals surface area contributed by atoms with Gasteiger partial charge in [-0.3, -0.25) is 14.5 Å². The highest BCUT2D eigenvalue weighted by Gasteiger charge is 2.35. The first-order valence-electron chi connectivity index (χ1n) is 9.13. The maximum Gasteiger partial charge on any atom is 0.238 e. The molecule has 1 saturated heterocycles. The predicted octanol–water partition coefficient (Wildman–Crippen LogP) is 4.65. The number of halogens is 1. The van der Waals surface area contributed by atoms with Crippen LogP contribution >= 0.6 is 11.8 Å². The quantitative estimate of drug-likeness (QED) is 0.835. The first-order chi connectivity index (χ1) is 13.0. The molecule has 1 aliphatic heterocycles. The highest BCUT2D eigenvalue weighted by molar-refractivity contribution is 8.00.